The topological polar surface area (TPSA) is 111 Å². The van der Waals surface area contributed by atoms with Crippen molar-refractivity contribution in [1.82, 2.24) is 0 Å². The van der Waals surface area contributed by atoms with Crippen LogP contribution in [0.25, 0.3) is 0 Å². The van der Waals surface area contributed by atoms with E-state index in [9.17, 15) is 19.0 Å². The molecule has 2 atom stereocenters. The van der Waals surface area contributed by atoms with Crippen LogP contribution in [-0.4, -0.2) is 70.0 Å². The van der Waals surface area contributed by atoms with Crippen molar-refractivity contribution in [2.75, 3.05) is 47.5 Å². The van der Waals surface area contributed by atoms with Crippen LogP contribution >= 0.6 is 7.82 Å². The summed E-state index contributed by atoms with van der Waals surface area (Å²) in [6.07, 6.45) is 37.7. The Kier molecular flexibility index (Phi) is 35.1. The number of quaternary nitrogens is 1. The van der Waals surface area contributed by atoms with Crippen LogP contribution in [-0.2, 0) is 32.7 Å². The van der Waals surface area contributed by atoms with Crippen molar-refractivity contribution in [2.24, 2.45) is 0 Å². The second kappa shape index (κ2) is 36.1. The molecule has 0 aliphatic heterocycles. The fraction of sp³-hybridized carbons (Fsp3) is 0.860. The van der Waals surface area contributed by atoms with E-state index in [0.29, 0.717) is 17.4 Å². The van der Waals surface area contributed by atoms with Gasteiger partial charge in [0.1, 0.15) is 19.8 Å². The van der Waals surface area contributed by atoms with Crippen LogP contribution in [0.2, 0.25) is 0 Å². The molecule has 0 spiro atoms. The molecule has 0 aromatic heterocycles. The third-order valence-corrected chi connectivity index (χ3v) is 10.2. The smallest absolute Gasteiger partial charge is 0.306 e. The van der Waals surface area contributed by atoms with Crippen molar-refractivity contribution >= 4 is 19.8 Å². The van der Waals surface area contributed by atoms with Crippen LogP contribution in [0.15, 0.2) is 24.3 Å². The number of unbranched alkanes of at least 4 members (excludes halogenated alkanes) is 21. The average Bonchev–Trinajstić information content (AvgIpc) is 3.10. The molecule has 0 saturated carbocycles. The minimum Gasteiger partial charge on any atom is -0.756 e. The first-order valence-corrected chi connectivity index (χ1v) is 23.0. The molecule has 0 amide bonds. The first-order valence-electron chi connectivity index (χ1n) is 21.5. The first-order chi connectivity index (χ1) is 25.5. The van der Waals surface area contributed by atoms with Gasteiger partial charge in [-0.2, -0.15) is 0 Å². The summed E-state index contributed by atoms with van der Waals surface area (Å²) in [5.41, 5.74) is 0. The molecule has 0 radical (unpaired) electrons. The maximum absolute atomic E-state index is 12.6. The number of nitrogens with zero attached hydrogens (tertiary/aromatic N) is 1. The first kappa shape index (κ1) is 51.5. The summed E-state index contributed by atoms with van der Waals surface area (Å²) in [5.74, 6) is -0.845. The quantitative estimate of drug-likeness (QED) is 0.0200. The molecule has 9 nitrogen and oxygen atoms in total. The minimum atomic E-state index is -4.62. The van der Waals surface area contributed by atoms with Gasteiger partial charge in [0.15, 0.2) is 6.10 Å². The fourth-order valence-corrected chi connectivity index (χ4v) is 6.49. The van der Waals surface area contributed by atoms with Crippen molar-refractivity contribution < 1.29 is 42.1 Å². The predicted octanol–water partition coefficient (Wildman–Crippen LogP) is 11.3. The molecule has 0 saturated heterocycles. The zero-order valence-electron chi connectivity index (χ0n) is 35.0. The molecule has 0 aromatic rings. The van der Waals surface area contributed by atoms with Gasteiger partial charge in [-0.3, -0.25) is 14.2 Å². The van der Waals surface area contributed by atoms with Crippen LogP contribution in [0.1, 0.15) is 187 Å². The van der Waals surface area contributed by atoms with Crippen LogP contribution in [0.4, 0.5) is 0 Å². The number of rotatable bonds is 39. The number of hydrogen-bond acceptors (Lipinski definition) is 8. The third-order valence-electron chi connectivity index (χ3n) is 9.19. The van der Waals surface area contributed by atoms with E-state index in [4.69, 9.17) is 18.5 Å². The van der Waals surface area contributed by atoms with Gasteiger partial charge >= 0.3 is 11.9 Å². The Morgan fingerprint density at radius 1 is 0.566 bits per heavy atom. The molecule has 1 unspecified atom stereocenters. The van der Waals surface area contributed by atoms with Crippen molar-refractivity contribution in [3.8, 4) is 0 Å². The van der Waals surface area contributed by atoms with E-state index >= 15 is 0 Å². The lowest BCUT2D eigenvalue weighted by Crippen LogP contribution is -2.37. The number of likely N-dealkylation sites (N-methyl/N-ethyl adjacent to an activating group) is 1. The van der Waals surface area contributed by atoms with E-state index < -0.39 is 26.5 Å². The lowest BCUT2D eigenvalue weighted by molar-refractivity contribution is -0.870. The highest BCUT2D eigenvalue weighted by molar-refractivity contribution is 7.45. The molecule has 0 aliphatic carbocycles. The molecule has 10 heteroatoms. The molecule has 53 heavy (non-hydrogen) atoms. The van der Waals surface area contributed by atoms with Crippen LogP contribution < -0.4 is 4.89 Å². The SMILES string of the molecule is CCCCC/C=C/CCCCCCCC(=O)O[C@@H](COC(=O)CCCCCCCCCCC/C=C/CCCCCC)COP(=O)([O-])OCC[N+](C)(C)C. The van der Waals surface area contributed by atoms with E-state index in [2.05, 4.69) is 38.2 Å². The second-order valence-electron chi connectivity index (χ2n) is 15.7. The predicted molar refractivity (Wildman–Crippen MR) is 218 cm³/mol. The Balaban J connectivity index is 4.34. The number of carbonyl (C=O) groups excluding carboxylic acids is 2. The fourth-order valence-electron chi connectivity index (χ4n) is 5.76. The normalized spacial score (nSPS) is 13.8. The standard InChI is InChI=1S/C43H82NO8P/c1-6-8-10-12-14-16-18-20-21-22-23-24-26-27-29-31-33-35-42(45)49-39-41(40-51-53(47,48)50-38-37-44(3,4)5)52-43(46)36-34-32-30-28-25-19-17-15-13-11-9-7-2/h15-18,41H,6-14,19-40H2,1-5H3/b17-15+,18-16+/t41-/m0/s1. The Labute approximate surface area is 326 Å². The Hall–Kier alpha value is -1.51. The van der Waals surface area contributed by atoms with Crippen molar-refractivity contribution in [3.05, 3.63) is 24.3 Å². The number of phosphoric acid groups is 1. The van der Waals surface area contributed by atoms with Crippen molar-refractivity contribution in [2.45, 2.75) is 193 Å². The largest absolute Gasteiger partial charge is 0.756 e. The highest BCUT2D eigenvalue weighted by Gasteiger charge is 2.21. The summed E-state index contributed by atoms with van der Waals surface area (Å²) in [7, 11) is 1.16. The van der Waals surface area contributed by atoms with E-state index in [0.717, 1.165) is 57.8 Å². The summed E-state index contributed by atoms with van der Waals surface area (Å²) in [6, 6.07) is 0. The van der Waals surface area contributed by atoms with Gasteiger partial charge in [-0.1, -0.05) is 134 Å². The highest BCUT2D eigenvalue weighted by Crippen LogP contribution is 2.38. The third kappa shape index (κ3) is 40.0. The van der Waals surface area contributed by atoms with Gasteiger partial charge in [-0.15, -0.1) is 0 Å². The number of ether oxygens (including phenoxy) is 2. The molecule has 0 fully saturated rings. The maximum Gasteiger partial charge on any atom is 0.306 e. The van der Waals surface area contributed by atoms with Gasteiger partial charge in [0, 0.05) is 12.8 Å². The number of carbonyl (C=O) groups is 2. The maximum atomic E-state index is 12.6. The summed E-state index contributed by atoms with van der Waals surface area (Å²) >= 11 is 0. The molecule has 0 bridgehead atoms. The molecule has 0 N–H and O–H groups in total. The lowest BCUT2D eigenvalue weighted by Gasteiger charge is -2.28. The molecular weight excluding hydrogens is 689 g/mol. The molecule has 0 heterocycles. The zero-order valence-corrected chi connectivity index (χ0v) is 35.9. The summed E-state index contributed by atoms with van der Waals surface area (Å²) in [6.45, 7) is 4.18. The Morgan fingerprint density at radius 3 is 1.43 bits per heavy atom. The molecule has 312 valence electrons. The van der Waals surface area contributed by atoms with E-state index in [1.54, 1.807) is 0 Å². The molecule has 0 aliphatic rings. The Morgan fingerprint density at radius 2 is 0.962 bits per heavy atom. The number of esters is 2. The zero-order chi connectivity index (χ0) is 39.3. The van der Waals surface area contributed by atoms with Gasteiger partial charge in [0.05, 0.1) is 27.7 Å². The van der Waals surface area contributed by atoms with Crippen molar-refractivity contribution in [1.29, 1.82) is 0 Å². The Bertz CT molecular complexity index is 964. The van der Waals surface area contributed by atoms with E-state index in [1.165, 1.54) is 96.3 Å². The average molecular weight is 772 g/mol. The molecular formula is C43H82NO8P. The monoisotopic (exact) mass is 772 g/mol. The molecule has 0 rings (SSSR count). The molecule has 0 aromatic carbocycles. The van der Waals surface area contributed by atoms with Gasteiger partial charge < -0.3 is 27.9 Å². The summed E-state index contributed by atoms with van der Waals surface area (Å²) < 4.78 is 33.8. The van der Waals surface area contributed by atoms with Gasteiger partial charge in [-0.25, -0.2) is 0 Å². The van der Waals surface area contributed by atoms with E-state index in [1.807, 2.05) is 21.1 Å². The highest BCUT2D eigenvalue weighted by atomic mass is 31.2. The van der Waals surface area contributed by atoms with E-state index in [-0.39, 0.29) is 32.0 Å². The van der Waals surface area contributed by atoms with Crippen LogP contribution in [0.3, 0.4) is 0 Å². The second-order valence-corrected chi connectivity index (χ2v) is 17.1. The number of phosphoric ester groups is 1. The number of allylic oxidation sites excluding steroid dienone is 4. The van der Waals surface area contributed by atoms with Crippen LogP contribution in [0, 0.1) is 0 Å². The van der Waals surface area contributed by atoms with Gasteiger partial charge in [0.25, 0.3) is 7.82 Å². The summed E-state index contributed by atoms with van der Waals surface area (Å²) in [5, 5.41) is 0. The minimum absolute atomic E-state index is 0.0316. The summed E-state index contributed by atoms with van der Waals surface area (Å²) in [4.78, 5) is 37.4. The van der Waals surface area contributed by atoms with Gasteiger partial charge in [-0.05, 0) is 64.2 Å². The lowest BCUT2D eigenvalue weighted by atomic mass is 10.1. The van der Waals surface area contributed by atoms with Crippen molar-refractivity contribution in [3.63, 3.8) is 0 Å². The number of hydrogen-bond donors (Lipinski definition) is 0. The van der Waals surface area contributed by atoms with Crippen LogP contribution in [0.5, 0.6) is 0 Å². The van der Waals surface area contributed by atoms with Gasteiger partial charge in [0.2, 0.25) is 0 Å².